The summed E-state index contributed by atoms with van der Waals surface area (Å²) < 4.78 is 53.5. The fourth-order valence-electron chi connectivity index (χ4n) is 5.67. The molecule has 2 aromatic carbocycles. The third-order valence-electron chi connectivity index (χ3n) is 8.26. The Kier molecular flexibility index (Phi) is 11.4. The van der Waals surface area contributed by atoms with Gasteiger partial charge in [-0.3, -0.25) is 14.6 Å². The van der Waals surface area contributed by atoms with E-state index in [-0.39, 0.29) is 55.0 Å². The van der Waals surface area contributed by atoms with Crippen molar-refractivity contribution < 1.29 is 37.0 Å². The lowest BCUT2D eigenvalue weighted by Crippen LogP contribution is -2.49. The van der Waals surface area contributed by atoms with Crippen molar-refractivity contribution in [1.29, 1.82) is 0 Å². The number of pyridine rings is 1. The molecular weight excluding hydrogens is 617 g/mol. The van der Waals surface area contributed by atoms with Crippen molar-refractivity contribution in [1.82, 2.24) is 20.9 Å². The molecule has 0 spiro atoms. The number of amides is 3. The Morgan fingerprint density at radius 1 is 1.02 bits per heavy atom. The maximum atomic E-state index is 15.0. The summed E-state index contributed by atoms with van der Waals surface area (Å²) in [6.45, 7) is 1.08. The standard InChI is InChI=1S/C33H37F3N6O5/c34-21-5-1-19(2-6-21)30(20-3-7-22(35)8-4-20)31(37)32(44)42-28-16-38-15-27(36)26(28)11-10-25-14-39-24(17-46-25)18-47-33(45)40-13-23-9-12-29(43)41-23/h1-8,15-16,23-25,30-31,39H,9-14,17-18,37H2,(H,40,45)(H,41,43)(H,42,44)/t23-,24+,25-,31+/m1/s1. The van der Waals surface area contributed by atoms with E-state index in [2.05, 4.69) is 26.3 Å². The van der Waals surface area contributed by atoms with Gasteiger partial charge in [0, 0.05) is 37.0 Å². The molecule has 0 bridgehead atoms. The number of rotatable bonds is 12. The number of hydrogen-bond acceptors (Lipinski definition) is 8. The van der Waals surface area contributed by atoms with Crippen molar-refractivity contribution in [3.63, 3.8) is 0 Å². The van der Waals surface area contributed by atoms with E-state index in [1.807, 2.05) is 0 Å². The number of aromatic nitrogens is 1. The van der Waals surface area contributed by atoms with Gasteiger partial charge in [0.05, 0.1) is 42.9 Å². The van der Waals surface area contributed by atoms with Gasteiger partial charge in [0.1, 0.15) is 24.1 Å². The SMILES string of the molecule is N[C@H](C(=O)Nc1cncc(F)c1CC[C@@H]1CN[C@H](COC(=O)NC[C@H]2CCC(=O)N2)CO1)C(c1ccc(F)cc1)c1ccc(F)cc1. The summed E-state index contributed by atoms with van der Waals surface area (Å²) in [5, 5.41) is 11.4. The van der Waals surface area contributed by atoms with Gasteiger partial charge in [0.2, 0.25) is 11.8 Å². The fourth-order valence-corrected chi connectivity index (χ4v) is 5.67. The van der Waals surface area contributed by atoms with E-state index in [0.29, 0.717) is 43.5 Å². The van der Waals surface area contributed by atoms with Crippen molar-refractivity contribution in [2.75, 3.05) is 31.6 Å². The topological polar surface area (TPSA) is 157 Å². The van der Waals surface area contributed by atoms with Gasteiger partial charge in [-0.1, -0.05) is 24.3 Å². The van der Waals surface area contributed by atoms with Crippen LogP contribution in [0.1, 0.15) is 41.9 Å². The van der Waals surface area contributed by atoms with Crippen LogP contribution in [0.3, 0.4) is 0 Å². The molecular formula is C33H37F3N6O5. The Hall–Kier alpha value is -4.53. The highest BCUT2D eigenvalue weighted by molar-refractivity contribution is 5.96. The molecule has 0 radical (unpaired) electrons. The highest BCUT2D eigenvalue weighted by Gasteiger charge is 2.30. The lowest BCUT2D eigenvalue weighted by molar-refractivity contribution is -0.119. The number of hydrogen-bond donors (Lipinski definition) is 5. The number of nitrogens with one attached hydrogen (secondary N) is 4. The van der Waals surface area contributed by atoms with Gasteiger partial charge in [-0.25, -0.2) is 18.0 Å². The molecule has 0 saturated carbocycles. The summed E-state index contributed by atoms with van der Waals surface area (Å²) in [5.41, 5.74) is 7.91. The monoisotopic (exact) mass is 654 g/mol. The van der Waals surface area contributed by atoms with Crippen LogP contribution in [0, 0.1) is 17.5 Å². The molecule has 14 heteroatoms. The van der Waals surface area contributed by atoms with Crippen LogP contribution in [0.15, 0.2) is 60.9 Å². The molecule has 3 heterocycles. The molecule has 3 aromatic rings. The molecule has 2 fully saturated rings. The molecule has 2 aliphatic rings. The summed E-state index contributed by atoms with van der Waals surface area (Å²) in [7, 11) is 0. The number of nitrogens with two attached hydrogens (primary N) is 1. The Morgan fingerprint density at radius 2 is 1.70 bits per heavy atom. The molecule has 2 saturated heterocycles. The van der Waals surface area contributed by atoms with Crippen LogP contribution >= 0.6 is 0 Å². The lowest BCUT2D eigenvalue weighted by atomic mass is 9.85. The summed E-state index contributed by atoms with van der Waals surface area (Å²) in [6, 6.07) is 9.51. The summed E-state index contributed by atoms with van der Waals surface area (Å²) in [6.07, 6.45) is 3.28. The minimum atomic E-state index is -1.20. The van der Waals surface area contributed by atoms with Crippen LogP contribution < -0.4 is 27.0 Å². The third kappa shape index (κ3) is 9.27. The number of alkyl carbamates (subject to hydrolysis) is 1. The number of ether oxygens (including phenoxy) is 2. The second-order valence-corrected chi connectivity index (χ2v) is 11.6. The third-order valence-corrected chi connectivity index (χ3v) is 8.26. The molecule has 6 N–H and O–H groups in total. The zero-order chi connectivity index (χ0) is 33.3. The predicted molar refractivity (Wildman–Crippen MR) is 166 cm³/mol. The highest BCUT2D eigenvalue weighted by Crippen LogP contribution is 2.29. The largest absolute Gasteiger partial charge is 0.448 e. The molecule has 5 rings (SSSR count). The number of halogens is 3. The van der Waals surface area contributed by atoms with E-state index in [1.54, 1.807) is 0 Å². The average molecular weight is 655 g/mol. The predicted octanol–water partition coefficient (Wildman–Crippen LogP) is 2.89. The summed E-state index contributed by atoms with van der Waals surface area (Å²) >= 11 is 0. The number of morpholine rings is 1. The fraction of sp³-hybridized carbons (Fsp3) is 0.394. The zero-order valence-electron chi connectivity index (χ0n) is 25.5. The molecule has 3 amide bonds. The number of anilines is 1. The van der Waals surface area contributed by atoms with Crippen molar-refractivity contribution >= 4 is 23.6 Å². The van der Waals surface area contributed by atoms with Gasteiger partial charge in [0.25, 0.3) is 0 Å². The minimum absolute atomic E-state index is 0.0321. The second kappa shape index (κ2) is 15.8. The van der Waals surface area contributed by atoms with E-state index < -0.39 is 41.4 Å². The Morgan fingerprint density at radius 3 is 2.30 bits per heavy atom. The van der Waals surface area contributed by atoms with Gasteiger partial charge in [0.15, 0.2) is 0 Å². The van der Waals surface area contributed by atoms with E-state index >= 15 is 0 Å². The van der Waals surface area contributed by atoms with Crippen LogP contribution in [0.25, 0.3) is 0 Å². The Balaban J connectivity index is 1.14. The van der Waals surface area contributed by atoms with Crippen LogP contribution in [0.4, 0.5) is 23.7 Å². The van der Waals surface area contributed by atoms with Gasteiger partial charge in [-0.05, 0) is 54.7 Å². The first-order valence-electron chi connectivity index (χ1n) is 15.4. The lowest BCUT2D eigenvalue weighted by Gasteiger charge is -2.30. The number of nitrogens with zero attached hydrogens (tertiary/aromatic N) is 1. The summed E-state index contributed by atoms with van der Waals surface area (Å²) in [5.74, 6) is -2.94. The molecule has 1 aromatic heterocycles. The van der Waals surface area contributed by atoms with Crippen LogP contribution in [0.5, 0.6) is 0 Å². The highest BCUT2D eigenvalue weighted by atomic mass is 19.1. The maximum Gasteiger partial charge on any atom is 0.407 e. The van der Waals surface area contributed by atoms with Crippen LogP contribution in [-0.2, 0) is 25.5 Å². The van der Waals surface area contributed by atoms with E-state index in [1.165, 1.54) is 54.7 Å². The van der Waals surface area contributed by atoms with E-state index in [4.69, 9.17) is 15.2 Å². The first kappa shape index (κ1) is 33.8. The quantitative estimate of drug-likeness (QED) is 0.200. The first-order chi connectivity index (χ1) is 22.7. The Bertz CT molecular complexity index is 1490. The van der Waals surface area contributed by atoms with Crippen molar-refractivity contribution in [2.45, 2.75) is 55.8 Å². The Labute approximate surface area is 269 Å². The molecule has 0 aliphatic carbocycles. The van der Waals surface area contributed by atoms with E-state index in [0.717, 1.165) is 6.20 Å². The van der Waals surface area contributed by atoms with Crippen LogP contribution in [-0.4, -0.2) is 73.4 Å². The molecule has 0 unspecified atom stereocenters. The van der Waals surface area contributed by atoms with Crippen LogP contribution in [0.2, 0.25) is 0 Å². The van der Waals surface area contributed by atoms with E-state index in [9.17, 15) is 27.6 Å². The molecule has 4 atom stereocenters. The smallest absolute Gasteiger partial charge is 0.407 e. The normalized spacial score (nSPS) is 20.0. The van der Waals surface area contributed by atoms with Crippen molar-refractivity contribution in [2.24, 2.45) is 5.73 Å². The van der Waals surface area contributed by atoms with Gasteiger partial charge in [-0.15, -0.1) is 0 Å². The van der Waals surface area contributed by atoms with Crippen molar-refractivity contribution in [3.05, 3.63) is 95.1 Å². The average Bonchev–Trinajstić information content (AvgIpc) is 3.49. The van der Waals surface area contributed by atoms with Gasteiger partial charge >= 0.3 is 6.09 Å². The molecule has 11 nitrogen and oxygen atoms in total. The number of carbonyl (C=O) groups excluding carboxylic acids is 3. The minimum Gasteiger partial charge on any atom is -0.448 e. The van der Waals surface area contributed by atoms with Crippen molar-refractivity contribution in [3.8, 4) is 0 Å². The van der Waals surface area contributed by atoms with Gasteiger partial charge < -0.3 is 36.5 Å². The zero-order valence-corrected chi connectivity index (χ0v) is 25.5. The maximum absolute atomic E-state index is 15.0. The molecule has 2 aliphatic heterocycles. The molecule has 47 heavy (non-hydrogen) atoms. The number of carbonyl (C=O) groups is 3. The summed E-state index contributed by atoms with van der Waals surface area (Å²) in [4.78, 5) is 40.6. The second-order valence-electron chi connectivity index (χ2n) is 11.6. The van der Waals surface area contributed by atoms with Gasteiger partial charge in [-0.2, -0.15) is 0 Å². The first-order valence-corrected chi connectivity index (χ1v) is 15.4. The number of benzene rings is 2. The molecule has 250 valence electrons.